The molecule has 0 saturated carbocycles. The number of benzene rings is 8. The van der Waals surface area contributed by atoms with E-state index in [0.29, 0.717) is 0 Å². The summed E-state index contributed by atoms with van der Waals surface area (Å²) in [6, 6.07) is 58.7. The zero-order valence-corrected chi connectivity index (χ0v) is 29.9. The first kappa shape index (κ1) is 28.5. The molecule has 0 bridgehead atoms. The third-order valence-corrected chi connectivity index (χ3v) is 13.9. The van der Waals surface area contributed by atoms with Gasteiger partial charge in [0.25, 0.3) is 0 Å². The van der Waals surface area contributed by atoms with Crippen LogP contribution in [-0.4, -0.2) is 6.71 Å². The molecule has 13 rings (SSSR count). The van der Waals surface area contributed by atoms with Gasteiger partial charge in [0.2, 0.25) is 6.71 Å². The molecule has 3 aromatic heterocycles. The molecule has 244 valence electrons. The lowest BCUT2D eigenvalue weighted by Crippen LogP contribution is -2.54. The van der Waals surface area contributed by atoms with Gasteiger partial charge in [-0.05, 0) is 88.3 Å². The van der Waals surface area contributed by atoms with Crippen LogP contribution in [0.2, 0.25) is 0 Å². The number of para-hydroxylation sites is 2. The van der Waals surface area contributed by atoms with E-state index in [9.17, 15) is 0 Å². The molecule has 0 amide bonds. The Kier molecular flexibility index (Phi) is 5.51. The molecule has 0 spiro atoms. The predicted molar refractivity (Wildman–Crippen MR) is 230 cm³/mol. The Morgan fingerprint density at radius 2 is 1.11 bits per heavy atom. The van der Waals surface area contributed by atoms with Gasteiger partial charge in [-0.1, -0.05) is 103 Å². The maximum Gasteiger partial charge on any atom is 0.248 e. The summed E-state index contributed by atoms with van der Waals surface area (Å²) in [5.41, 5.74) is 14.5. The number of hydrogen-bond acceptors (Lipinski definition) is 4. The Labute approximate surface area is 312 Å². The average molecular weight is 708 g/mol. The molecule has 0 radical (unpaired) electrons. The molecule has 2 nitrogen and oxygen atoms in total. The zero-order valence-electron chi connectivity index (χ0n) is 28.3. The second-order valence-corrected chi connectivity index (χ2v) is 16.5. The summed E-state index contributed by atoms with van der Waals surface area (Å²) >= 11 is 3.77. The second-order valence-electron chi connectivity index (χ2n) is 14.4. The molecule has 0 atom stereocenters. The Bertz CT molecular complexity index is 3390. The summed E-state index contributed by atoms with van der Waals surface area (Å²) in [4.78, 5) is 2.57. The third-order valence-electron chi connectivity index (χ3n) is 11.7. The van der Waals surface area contributed by atoms with Gasteiger partial charge in [-0.3, -0.25) is 0 Å². The van der Waals surface area contributed by atoms with Crippen molar-refractivity contribution >= 4 is 125 Å². The molecular weight excluding hydrogens is 681 g/mol. The largest absolute Gasteiger partial charge is 0.455 e. The van der Waals surface area contributed by atoms with Gasteiger partial charge in [0, 0.05) is 73.7 Å². The highest BCUT2D eigenvalue weighted by atomic mass is 32.1. The minimum Gasteiger partial charge on any atom is -0.455 e. The van der Waals surface area contributed by atoms with Gasteiger partial charge in [-0.15, -0.1) is 22.7 Å². The van der Waals surface area contributed by atoms with Crippen molar-refractivity contribution in [1.82, 2.24) is 0 Å². The Balaban J connectivity index is 1.16. The van der Waals surface area contributed by atoms with Crippen LogP contribution in [0, 0.1) is 0 Å². The van der Waals surface area contributed by atoms with Gasteiger partial charge in [0.1, 0.15) is 11.2 Å². The molecule has 0 saturated heterocycles. The van der Waals surface area contributed by atoms with E-state index >= 15 is 0 Å². The summed E-state index contributed by atoms with van der Waals surface area (Å²) in [5.74, 6) is 0. The molecule has 11 aromatic rings. The fourth-order valence-corrected chi connectivity index (χ4v) is 11.6. The summed E-state index contributed by atoms with van der Waals surface area (Å²) < 4.78 is 12.0. The molecule has 0 fully saturated rings. The van der Waals surface area contributed by atoms with E-state index in [-0.39, 0.29) is 6.71 Å². The van der Waals surface area contributed by atoms with Gasteiger partial charge < -0.3 is 9.32 Å². The van der Waals surface area contributed by atoms with Gasteiger partial charge in [-0.25, -0.2) is 0 Å². The maximum absolute atomic E-state index is 6.65. The van der Waals surface area contributed by atoms with Gasteiger partial charge >= 0.3 is 0 Å². The number of thiophene rings is 2. The molecule has 53 heavy (non-hydrogen) atoms. The smallest absolute Gasteiger partial charge is 0.248 e. The van der Waals surface area contributed by atoms with Crippen LogP contribution < -0.4 is 21.3 Å². The van der Waals surface area contributed by atoms with Crippen LogP contribution in [0.3, 0.4) is 0 Å². The minimum atomic E-state index is 0.138. The molecule has 8 aromatic carbocycles. The van der Waals surface area contributed by atoms with Gasteiger partial charge in [-0.2, -0.15) is 0 Å². The van der Waals surface area contributed by atoms with Crippen LogP contribution in [0.15, 0.2) is 162 Å². The van der Waals surface area contributed by atoms with E-state index in [2.05, 4.69) is 163 Å². The summed E-state index contributed by atoms with van der Waals surface area (Å²) in [6.45, 7) is 0.138. The molecule has 5 heterocycles. The van der Waals surface area contributed by atoms with Crippen LogP contribution in [0.1, 0.15) is 0 Å². The quantitative estimate of drug-likeness (QED) is 0.166. The summed E-state index contributed by atoms with van der Waals surface area (Å²) in [5, 5.41) is 7.54. The number of rotatable bonds is 2. The molecular formula is C48H26BNOS2. The standard InChI is InChI=1S/C48H26BNOS2/c1-5-16-38-30(10-1)37-22-27(29-14-9-15-34-31-11-2-6-17-42(31)51-48(29)34)23-41-47(37)49(38)39-26-46-36(33-13-4-8-19-44(33)53-46)25-40(39)50(41)28-20-21-45-35(24-28)32-12-3-7-18-43(32)52-45/h1-26H. The van der Waals surface area contributed by atoms with E-state index in [4.69, 9.17) is 4.42 Å². The fourth-order valence-electron chi connectivity index (χ4n) is 9.41. The average Bonchev–Trinajstić information content (AvgIpc) is 3.96. The molecule has 0 N–H and O–H groups in total. The number of anilines is 3. The fraction of sp³-hybridized carbons (Fsp3) is 0. The van der Waals surface area contributed by atoms with E-state index in [1.54, 1.807) is 0 Å². The molecule has 2 aliphatic rings. The Morgan fingerprint density at radius 1 is 0.434 bits per heavy atom. The zero-order chi connectivity index (χ0) is 34.4. The number of furan rings is 1. The molecule has 0 unspecified atom stereocenters. The van der Waals surface area contributed by atoms with Crippen molar-refractivity contribution in [1.29, 1.82) is 0 Å². The first-order chi connectivity index (χ1) is 26.3. The summed E-state index contributed by atoms with van der Waals surface area (Å²) in [7, 11) is 0. The third kappa shape index (κ3) is 3.78. The second kappa shape index (κ2) is 10.3. The molecule has 0 aliphatic carbocycles. The first-order valence-electron chi connectivity index (χ1n) is 18.1. The monoisotopic (exact) mass is 707 g/mol. The first-order valence-corrected chi connectivity index (χ1v) is 19.7. The number of hydrogen-bond donors (Lipinski definition) is 0. The van der Waals surface area contributed by atoms with Crippen LogP contribution in [-0.2, 0) is 0 Å². The number of nitrogens with zero attached hydrogens (tertiary/aromatic N) is 1. The molecule has 5 heteroatoms. The predicted octanol–water partition coefficient (Wildman–Crippen LogP) is 12.3. The lowest BCUT2D eigenvalue weighted by Gasteiger charge is -2.36. The number of fused-ring (bicyclic) bond motifs is 14. The highest BCUT2D eigenvalue weighted by molar-refractivity contribution is 7.26. The van der Waals surface area contributed by atoms with Crippen LogP contribution >= 0.6 is 22.7 Å². The van der Waals surface area contributed by atoms with Gasteiger partial charge in [0.05, 0.1) is 0 Å². The van der Waals surface area contributed by atoms with Crippen molar-refractivity contribution in [2.75, 3.05) is 4.90 Å². The van der Waals surface area contributed by atoms with E-state index in [0.717, 1.165) is 33.1 Å². The minimum absolute atomic E-state index is 0.138. The van der Waals surface area contributed by atoms with Crippen LogP contribution in [0.4, 0.5) is 17.1 Å². The molecule has 2 aliphatic heterocycles. The maximum atomic E-state index is 6.65. The highest BCUT2D eigenvalue weighted by Gasteiger charge is 2.43. The SMILES string of the molecule is c1ccc2c(c1)B1c3cc4sc5ccccc5c4cc3N(c3ccc4sc5ccccc5c4c3)c3cc(-c4cccc5c4oc4ccccc45)cc-2c31. The normalized spacial score (nSPS) is 13.2. The van der Waals surface area contributed by atoms with Crippen molar-refractivity contribution in [3.63, 3.8) is 0 Å². The van der Waals surface area contributed by atoms with E-state index in [1.807, 2.05) is 22.7 Å². The topological polar surface area (TPSA) is 16.4 Å². The van der Waals surface area contributed by atoms with Crippen LogP contribution in [0.5, 0.6) is 0 Å². The van der Waals surface area contributed by atoms with Crippen molar-refractivity contribution in [3.05, 3.63) is 158 Å². The van der Waals surface area contributed by atoms with E-state index in [1.165, 1.54) is 84.9 Å². The van der Waals surface area contributed by atoms with Crippen molar-refractivity contribution in [2.45, 2.75) is 0 Å². The van der Waals surface area contributed by atoms with Crippen molar-refractivity contribution in [3.8, 4) is 22.3 Å². The lowest BCUT2D eigenvalue weighted by atomic mass is 9.37. The van der Waals surface area contributed by atoms with Crippen LogP contribution in [0.25, 0.3) is 84.5 Å². The van der Waals surface area contributed by atoms with Crippen molar-refractivity contribution < 1.29 is 4.42 Å². The van der Waals surface area contributed by atoms with Crippen molar-refractivity contribution in [2.24, 2.45) is 0 Å². The Hall–Kier alpha value is -6.14. The lowest BCUT2D eigenvalue weighted by molar-refractivity contribution is 0.670. The van der Waals surface area contributed by atoms with Gasteiger partial charge in [0.15, 0.2) is 0 Å². The summed E-state index contributed by atoms with van der Waals surface area (Å²) in [6.07, 6.45) is 0. The highest BCUT2D eigenvalue weighted by Crippen LogP contribution is 2.48. The van der Waals surface area contributed by atoms with E-state index < -0.39 is 0 Å². The Morgan fingerprint density at radius 3 is 1.98 bits per heavy atom.